The Morgan fingerprint density at radius 3 is 1.12 bits per heavy atom. The van der Waals surface area contributed by atoms with E-state index in [1.807, 2.05) is 0 Å². The SMILES string of the molecule is C1COCCO1.[Na+].[OH-]. The minimum absolute atomic E-state index is 0. The smallest absolute Gasteiger partial charge is 0.870 e. The Morgan fingerprint density at radius 1 is 0.750 bits per heavy atom. The molecule has 44 valence electrons. The van der Waals surface area contributed by atoms with Crippen LogP contribution in [-0.4, -0.2) is 31.9 Å². The van der Waals surface area contributed by atoms with Gasteiger partial charge in [-0.15, -0.1) is 0 Å². The fourth-order valence-electron chi connectivity index (χ4n) is 0.440. The minimum atomic E-state index is 0. The zero-order valence-corrected chi connectivity index (χ0v) is 7.09. The van der Waals surface area contributed by atoms with Crippen molar-refractivity contribution >= 4 is 0 Å². The maximum atomic E-state index is 4.94. The first-order chi connectivity index (χ1) is 3.00. The van der Waals surface area contributed by atoms with Gasteiger partial charge in [0.15, 0.2) is 0 Å². The molecule has 0 aromatic heterocycles. The standard InChI is InChI=1S/C4H8O2.Na.H2O/c1-2-6-4-3-5-1;;/h1-4H2;;1H2/q;+1;/p-1. The third kappa shape index (κ3) is 5.03. The number of ether oxygens (including phenoxy) is 2. The Hall–Kier alpha value is 0.880. The van der Waals surface area contributed by atoms with Crippen molar-refractivity contribution < 1.29 is 44.5 Å². The minimum Gasteiger partial charge on any atom is -0.870 e. The molecular weight excluding hydrogens is 119 g/mol. The molecule has 0 radical (unpaired) electrons. The van der Waals surface area contributed by atoms with Gasteiger partial charge in [-0.25, -0.2) is 0 Å². The van der Waals surface area contributed by atoms with Crippen molar-refractivity contribution in [1.82, 2.24) is 0 Å². The second-order valence-electron chi connectivity index (χ2n) is 1.22. The maximum Gasteiger partial charge on any atom is 1.00 e. The molecule has 1 N–H and O–H groups in total. The zero-order valence-electron chi connectivity index (χ0n) is 5.09. The predicted molar refractivity (Wildman–Crippen MR) is 23.6 cm³/mol. The van der Waals surface area contributed by atoms with Crippen LogP contribution in [0, 0.1) is 0 Å². The van der Waals surface area contributed by atoms with E-state index in [9.17, 15) is 0 Å². The van der Waals surface area contributed by atoms with E-state index in [4.69, 9.17) is 9.47 Å². The van der Waals surface area contributed by atoms with Gasteiger partial charge in [0, 0.05) is 0 Å². The molecule has 1 rings (SSSR count). The average molecular weight is 128 g/mol. The van der Waals surface area contributed by atoms with Crippen molar-refractivity contribution in [3.05, 3.63) is 0 Å². The van der Waals surface area contributed by atoms with Crippen LogP contribution in [0.3, 0.4) is 0 Å². The predicted octanol–water partition coefficient (Wildman–Crippen LogP) is -3.14. The van der Waals surface area contributed by atoms with Crippen molar-refractivity contribution in [3.8, 4) is 0 Å². The molecule has 0 aromatic carbocycles. The van der Waals surface area contributed by atoms with E-state index in [-0.39, 0.29) is 35.0 Å². The van der Waals surface area contributed by atoms with E-state index < -0.39 is 0 Å². The fraction of sp³-hybridized carbons (Fsp3) is 1.00. The monoisotopic (exact) mass is 128 g/mol. The summed E-state index contributed by atoms with van der Waals surface area (Å²) in [4.78, 5) is 0. The molecule has 0 aromatic rings. The summed E-state index contributed by atoms with van der Waals surface area (Å²) in [6.45, 7) is 3.11. The molecule has 4 heteroatoms. The van der Waals surface area contributed by atoms with Gasteiger partial charge in [-0.3, -0.25) is 0 Å². The second kappa shape index (κ2) is 7.88. The molecule has 0 saturated carbocycles. The zero-order chi connectivity index (χ0) is 4.24. The quantitative estimate of drug-likeness (QED) is 0.324. The van der Waals surface area contributed by atoms with Crippen LogP contribution in [0.4, 0.5) is 0 Å². The molecule has 1 saturated heterocycles. The first-order valence-electron chi connectivity index (χ1n) is 2.15. The van der Waals surface area contributed by atoms with E-state index in [0.717, 1.165) is 26.4 Å². The van der Waals surface area contributed by atoms with Gasteiger partial charge in [-0.1, -0.05) is 0 Å². The van der Waals surface area contributed by atoms with E-state index in [1.54, 1.807) is 0 Å². The Balaban J connectivity index is 0. The van der Waals surface area contributed by atoms with Crippen LogP contribution in [0.25, 0.3) is 0 Å². The van der Waals surface area contributed by atoms with Crippen LogP contribution in [0.2, 0.25) is 0 Å². The molecule has 1 aliphatic rings. The molecule has 0 bridgehead atoms. The number of rotatable bonds is 0. The summed E-state index contributed by atoms with van der Waals surface area (Å²) in [5.74, 6) is 0. The third-order valence-corrected chi connectivity index (χ3v) is 0.744. The molecular formula is C4H9NaO3. The van der Waals surface area contributed by atoms with Gasteiger partial charge >= 0.3 is 29.6 Å². The van der Waals surface area contributed by atoms with Gasteiger partial charge in [0.25, 0.3) is 0 Å². The molecule has 8 heavy (non-hydrogen) atoms. The summed E-state index contributed by atoms with van der Waals surface area (Å²) < 4.78 is 9.89. The number of hydrogen-bond acceptors (Lipinski definition) is 3. The fourth-order valence-corrected chi connectivity index (χ4v) is 0.440. The summed E-state index contributed by atoms with van der Waals surface area (Å²) in [6, 6.07) is 0. The van der Waals surface area contributed by atoms with Crippen LogP contribution in [0.1, 0.15) is 0 Å². The van der Waals surface area contributed by atoms with Gasteiger partial charge in [0.2, 0.25) is 0 Å². The van der Waals surface area contributed by atoms with Crippen molar-refractivity contribution in [1.29, 1.82) is 0 Å². The van der Waals surface area contributed by atoms with Crippen molar-refractivity contribution in [2.45, 2.75) is 0 Å². The first-order valence-corrected chi connectivity index (χ1v) is 2.15. The summed E-state index contributed by atoms with van der Waals surface area (Å²) in [5, 5.41) is 0. The first kappa shape index (κ1) is 11.6. The normalized spacial score (nSPS) is 18.0. The van der Waals surface area contributed by atoms with Gasteiger partial charge < -0.3 is 14.9 Å². The summed E-state index contributed by atoms with van der Waals surface area (Å²) in [5.41, 5.74) is 0. The van der Waals surface area contributed by atoms with E-state index in [1.165, 1.54) is 0 Å². The Morgan fingerprint density at radius 2 is 1.00 bits per heavy atom. The molecule has 0 atom stereocenters. The number of hydrogen-bond donors (Lipinski definition) is 0. The molecule has 0 aliphatic carbocycles. The molecule has 0 unspecified atom stereocenters. The van der Waals surface area contributed by atoms with Crippen molar-refractivity contribution in [3.63, 3.8) is 0 Å². The summed E-state index contributed by atoms with van der Waals surface area (Å²) in [6.07, 6.45) is 0. The van der Waals surface area contributed by atoms with Crippen LogP contribution < -0.4 is 29.6 Å². The second-order valence-corrected chi connectivity index (χ2v) is 1.22. The van der Waals surface area contributed by atoms with E-state index >= 15 is 0 Å². The van der Waals surface area contributed by atoms with E-state index in [0.29, 0.717) is 0 Å². The third-order valence-electron chi connectivity index (χ3n) is 0.744. The van der Waals surface area contributed by atoms with Crippen LogP contribution in [0.15, 0.2) is 0 Å². The maximum absolute atomic E-state index is 4.94. The van der Waals surface area contributed by atoms with Crippen LogP contribution in [-0.2, 0) is 9.47 Å². The van der Waals surface area contributed by atoms with Crippen LogP contribution in [0.5, 0.6) is 0 Å². The Labute approximate surface area is 70.9 Å². The van der Waals surface area contributed by atoms with Crippen molar-refractivity contribution in [2.24, 2.45) is 0 Å². The molecule has 0 spiro atoms. The molecule has 1 heterocycles. The largest absolute Gasteiger partial charge is 1.00 e. The van der Waals surface area contributed by atoms with Gasteiger partial charge in [0.05, 0.1) is 26.4 Å². The molecule has 1 aliphatic heterocycles. The molecule has 3 nitrogen and oxygen atoms in total. The summed E-state index contributed by atoms with van der Waals surface area (Å²) >= 11 is 0. The van der Waals surface area contributed by atoms with E-state index in [2.05, 4.69) is 0 Å². The topological polar surface area (TPSA) is 48.5 Å². The molecule has 1 fully saturated rings. The summed E-state index contributed by atoms with van der Waals surface area (Å²) in [7, 11) is 0. The van der Waals surface area contributed by atoms with Gasteiger partial charge in [-0.05, 0) is 0 Å². The molecule has 0 amide bonds. The van der Waals surface area contributed by atoms with Gasteiger partial charge in [0.1, 0.15) is 0 Å². The Bertz CT molecular complexity index is 26.8. The van der Waals surface area contributed by atoms with Crippen molar-refractivity contribution in [2.75, 3.05) is 26.4 Å². The van der Waals surface area contributed by atoms with Gasteiger partial charge in [-0.2, -0.15) is 0 Å². The van der Waals surface area contributed by atoms with Crippen LogP contribution >= 0.6 is 0 Å². The average Bonchev–Trinajstić information content (AvgIpc) is 1.72. The Kier molecular flexibility index (Phi) is 11.5.